The molecule has 0 bridgehead atoms. The number of rotatable bonds is 4. The van der Waals surface area contributed by atoms with E-state index in [1.54, 1.807) is 18.2 Å². The largest absolute Gasteiger partial charge is 0.478 e. The molecular weight excluding hydrogens is 286 g/mol. The number of hydrogen-bond acceptors (Lipinski definition) is 3. The third-order valence-corrected chi connectivity index (χ3v) is 3.85. The van der Waals surface area contributed by atoms with E-state index in [-0.39, 0.29) is 5.91 Å². The van der Waals surface area contributed by atoms with Crippen LogP contribution >= 0.6 is 11.8 Å². The summed E-state index contributed by atoms with van der Waals surface area (Å²) in [5.41, 5.74) is 1.93. The van der Waals surface area contributed by atoms with Crippen LogP contribution in [0.15, 0.2) is 52.3 Å². The Labute approximate surface area is 127 Å². The number of carbonyl (C=O) groups excluding carboxylic acids is 1. The maximum Gasteiger partial charge on any atom is 0.336 e. The lowest BCUT2D eigenvalue weighted by Gasteiger charge is -2.08. The highest BCUT2D eigenvalue weighted by molar-refractivity contribution is 7.99. The molecule has 0 saturated carbocycles. The Balaban J connectivity index is 2.22. The fourth-order valence-electron chi connectivity index (χ4n) is 1.84. The van der Waals surface area contributed by atoms with Gasteiger partial charge in [0.1, 0.15) is 0 Å². The predicted octanol–water partition coefficient (Wildman–Crippen LogP) is 3.80. The molecule has 1 amide bonds. The molecule has 2 aromatic rings. The number of aryl methyl sites for hydroxylation is 1. The van der Waals surface area contributed by atoms with Crippen LogP contribution in [0, 0.1) is 6.92 Å². The standard InChI is InChI=1S/C16H15NO3S/c1-10-3-8-15(14(9-10)16(19)20)21-13-6-4-12(5-7-13)17-11(2)18/h3-9H,1-2H3,(H,17,18)(H,19,20). The third-order valence-electron chi connectivity index (χ3n) is 2.77. The van der Waals surface area contributed by atoms with Crippen molar-refractivity contribution < 1.29 is 14.7 Å². The van der Waals surface area contributed by atoms with Crippen LogP contribution in [-0.4, -0.2) is 17.0 Å². The Morgan fingerprint density at radius 3 is 2.33 bits per heavy atom. The molecule has 21 heavy (non-hydrogen) atoms. The Kier molecular flexibility index (Phi) is 4.65. The van der Waals surface area contributed by atoms with E-state index >= 15 is 0 Å². The second-order valence-corrected chi connectivity index (χ2v) is 5.73. The first kappa shape index (κ1) is 15.1. The van der Waals surface area contributed by atoms with Crippen molar-refractivity contribution in [3.05, 3.63) is 53.6 Å². The van der Waals surface area contributed by atoms with Gasteiger partial charge >= 0.3 is 5.97 Å². The fourth-order valence-corrected chi connectivity index (χ4v) is 2.75. The van der Waals surface area contributed by atoms with Crippen molar-refractivity contribution in [1.29, 1.82) is 0 Å². The molecule has 0 unspecified atom stereocenters. The van der Waals surface area contributed by atoms with Crippen molar-refractivity contribution in [2.45, 2.75) is 23.6 Å². The maximum absolute atomic E-state index is 11.3. The predicted molar refractivity (Wildman–Crippen MR) is 83.0 cm³/mol. The number of carboxylic acid groups (broad SMARTS) is 1. The number of hydrogen-bond donors (Lipinski definition) is 2. The van der Waals surface area contributed by atoms with E-state index in [0.29, 0.717) is 16.1 Å². The van der Waals surface area contributed by atoms with E-state index in [1.165, 1.54) is 18.7 Å². The normalized spacial score (nSPS) is 10.2. The first-order valence-electron chi connectivity index (χ1n) is 6.35. The van der Waals surface area contributed by atoms with Crippen molar-refractivity contribution >= 4 is 29.3 Å². The van der Waals surface area contributed by atoms with E-state index in [4.69, 9.17) is 0 Å². The molecule has 0 atom stereocenters. The number of amides is 1. The summed E-state index contributed by atoms with van der Waals surface area (Å²) in [4.78, 5) is 23.8. The molecule has 0 saturated heterocycles. The van der Waals surface area contributed by atoms with Gasteiger partial charge in [0.05, 0.1) is 5.56 Å². The van der Waals surface area contributed by atoms with E-state index in [0.717, 1.165) is 10.5 Å². The van der Waals surface area contributed by atoms with Crippen molar-refractivity contribution in [3.63, 3.8) is 0 Å². The minimum Gasteiger partial charge on any atom is -0.478 e. The highest BCUT2D eigenvalue weighted by Gasteiger charge is 2.11. The second-order valence-electron chi connectivity index (χ2n) is 4.61. The van der Waals surface area contributed by atoms with Crippen LogP contribution in [0.4, 0.5) is 5.69 Å². The molecule has 4 nitrogen and oxygen atoms in total. The lowest BCUT2D eigenvalue weighted by Crippen LogP contribution is -2.05. The Hall–Kier alpha value is -2.27. The Bertz CT molecular complexity index is 680. The van der Waals surface area contributed by atoms with Gasteiger partial charge in [0.25, 0.3) is 0 Å². The van der Waals surface area contributed by atoms with Gasteiger partial charge < -0.3 is 10.4 Å². The summed E-state index contributed by atoms with van der Waals surface area (Å²) >= 11 is 1.39. The lowest BCUT2D eigenvalue weighted by atomic mass is 10.1. The van der Waals surface area contributed by atoms with Gasteiger partial charge in [0.15, 0.2) is 0 Å². The maximum atomic E-state index is 11.3. The summed E-state index contributed by atoms with van der Waals surface area (Å²) in [7, 11) is 0. The summed E-state index contributed by atoms with van der Waals surface area (Å²) in [5.74, 6) is -1.06. The number of carbonyl (C=O) groups is 2. The molecule has 2 N–H and O–H groups in total. The SMILES string of the molecule is CC(=O)Nc1ccc(Sc2ccc(C)cc2C(=O)O)cc1. The molecular formula is C16H15NO3S. The quantitative estimate of drug-likeness (QED) is 0.901. The van der Waals surface area contributed by atoms with Crippen molar-refractivity contribution in [3.8, 4) is 0 Å². The Morgan fingerprint density at radius 2 is 1.76 bits per heavy atom. The highest BCUT2D eigenvalue weighted by Crippen LogP contribution is 2.31. The smallest absolute Gasteiger partial charge is 0.336 e. The minimum absolute atomic E-state index is 0.123. The molecule has 0 aliphatic rings. The van der Waals surface area contributed by atoms with E-state index < -0.39 is 5.97 Å². The summed E-state index contributed by atoms with van der Waals surface area (Å²) < 4.78 is 0. The van der Waals surface area contributed by atoms with Crippen molar-refractivity contribution in [1.82, 2.24) is 0 Å². The topological polar surface area (TPSA) is 66.4 Å². The molecule has 0 aliphatic carbocycles. The van der Waals surface area contributed by atoms with Crippen LogP contribution < -0.4 is 5.32 Å². The number of anilines is 1. The molecule has 2 rings (SSSR count). The summed E-state index contributed by atoms with van der Waals surface area (Å²) in [6, 6.07) is 12.6. The van der Waals surface area contributed by atoms with E-state index in [9.17, 15) is 14.7 Å². The number of benzene rings is 2. The van der Waals surface area contributed by atoms with Crippen LogP contribution in [0.1, 0.15) is 22.8 Å². The number of aromatic carboxylic acids is 1. The molecule has 0 fully saturated rings. The summed E-state index contributed by atoms with van der Waals surface area (Å²) in [6.07, 6.45) is 0. The molecule has 0 aromatic heterocycles. The van der Waals surface area contributed by atoms with Crippen LogP contribution in [0.5, 0.6) is 0 Å². The van der Waals surface area contributed by atoms with Gasteiger partial charge in [0.2, 0.25) is 5.91 Å². The van der Waals surface area contributed by atoms with Crippen LogP contribution in [0.25, 0.3) is 0 Å². The zero-order valence-electron chi connectivity index (χ0n) is 11.7. The lowest BCUT2D eigenvalue weighted by molar-refractivity contribution is -0.114. The van der Waals surface area contributed by atoms with Crippen molar-refractivity contribution in [2.24, 2.45) is 0 Å². The fraction of sp³-hybridized carbons (Fsp3) is 0.125. The monoisotopic (exact) mass is 301 g/mol. The van der Waals surface area contributed by atoms with Gasteiger partial charge in [-0.3, -0.25) is 4.79 Å². The van der Waals surface area contributed by atoms with Crippen molar-refractivity contribution in [2.75, 3.05) is 5.32 Å². The van der Waals surface area contributed by atoms with Gasteiger partial charge in [-0.2, -0.15) is 0 Å². The van der Waals surface area contributed by atoms with Gasteiger partial charge in [-0.05, 0) is 43.3 Å². The molecule has 5 heteroatoms. The van der Waals surface area contributed by atoms with Gasteiger partial charge in [0, 0.05) is 22.4 Å². The zero-order valence-corrected chi connectivity index (χ0v) is 12.5. The molecule has 2 aromatic carbocycles. The Morgan fingerprint density at radius 1 is 1.10 bits per heavy atom. The number of nitrogens with one attached hydrogen (secondary N) is 1. The average molecular weight is 301 g/mol. The molecule has 0 spiro atoms. The van der Waals surface area contributed by atoms with Crippen LogP contribution in [0.2, 0.25) is 0 Å². The van der Waals surface area contributed by atoms with Crippen LogP contribution in [0.3, 0.4) is 0 Å². The third kappa shape index (κ3) is 4.10. The first-order valence-corrected chi connectivity index (χ1v) is 7.17. The second kappa shape index (κ2) is 6.45. The summed E-state index contributed by atoms with van der Waals surface area (Å²) in [5, 5.41) is 11.9. The first-order chi connectivity index (χ1) is 9.95. The zero-order chi connectivity index (χ0) is 15.4. The minimum atomic E-state index is -0.934. The van der Waals surface area contributed by atoms with E-state index in [2.05, 4.69) is 5.32 Å². The average Bonchev–Trinajstić information content (AvgIpc) is 2.42. The molecule has 0 heterocycles. The van der Waals surface area contributed by atoms with Gasteiger partial charge in [-0.15, -0.1) is 0 Å². The van der Waals surface area contributed by atoms with Gasteiger partial charge in [-0.25, -0.2) is 4.79 Å². The van der Waals surface area contributed by atoms with Gasteiger partial charge in [-0.1, -0.05) is 23.4 Å². The highest BCUT2D eigenvalue weighted by atomic mass is 32.2. The summed E-state index contributed by atoms with van der Waals surface area (Å²) in [6.45, 7) is 3.32. The number of carboxylic acids is 1. The molecule has 0 aliphatic heterocycles. The molecule has 0 radical (unpaired) electrons. The molecule has 108 valence electrons. The van der Waals surface area contributed by atoms with E-state index in [1.807, 2.05) is 31.2 Å². The van der Waals surface area contributed by atoms with Crippen LogP contribution in [-0.2, 0) is 4.79 Å².